The summed E-state index contributed by atoms with van der Waals surface area (Å²) >= 11 is 0. The highest BCUT2D eigenvalue weighted by molar-refractivity contribution is 5.30. The molecule has 0 aliphatic rings. The van der Waals surface area contributed by atoms with E-state index < -0.39 is 0 Å². The van der Waals surface area contributed by atoms with Crippen LogP contribution < -0.4 is 5.73 Å². The van der Waals surface area contributed by atoms with Gasteiger partial charge in [-0.1, -0.05) is 18.2 Å². The first-order chi connectivity index (χ1) is 9.10. The highest BCUT2D eigenvalue weighted by Crippen LogP contribution is 2.23. The molecule has 0 fully saturated rings. The summed E-state index contributed by atoms with van der Waals surface area (Å²) in [5, 5.41) is 0. The number of benzene rings is 2. The molecule has 1 unspecified atom stereocenters. The Labute approximate surface area is 112 Å². The summed E-state index contributed by atoms with van der Waals surface area (Å²) in [7, 11) is 0. The first-order valence-electron chi connectivity index (χ1n) is 6.30. The number of nitrogens with two attached hydrogens (primary N) is 1. The normalized spacial score (nSPS) is 12.4. The Morgan fingerprint density at radius 2 is 1.79 bits per heavy atom. The number of halogens is 2. The van der Waals surface area contributed by atoms with Gasteiger partial charge in [0.2, 0.25) is 0 Å². The number of hydrogen-bond donors (Lipinski definition) is 1. The Kier molecular flexibility index (Phi) is 4.27. The van der Waals surface area contributed by atoms with Gasteiger partial charge >= 0.3 is 0 Å². The largest absolute Gasteiger partial charge is 0.330 e. The van der Waals surface area contributed by atoms with Crippen molar-refractivity contribution in [2.45, 2.75) is 19.3 Å². The molecule has 0 aliphatic heterocycles. The van der Waals surface area contributed by atoms with Gasteiger partial charge in [0, 0.05) is 5.92 Å². The standard InChI is InChI=1S/C16H17F2N/c1-11-5-6-16(18)9-13(11)7-14(10-19)12-3-2-4-15(17)8-12/h2-6,8-9,14H,7,10,19H2,1H3. The molecule has 0 saturated heterocycles. The Balaban J connectivity index is 2.26. The van der Waals surface area contributed by atoms with E-state index in [-0.39, 0.29) is 17.6 Å². The predicted octanol–water partition coefficient (Wildman–Crippen LogP) is 3.56. The average molecular weight is 261 g/mol. The first-order valence-corrected chi connectivity index (χ1v) is 6.30. The molecular weight excluding hydrogens is 244 g/mol. The summed E-state index contributed by atoms with van der Waals surface area (Å²) < 4.78 is 26.5. The maximum atomic E-state index is 13.3. The Morgan fingerprint density at radius 3 is 2.47 bits per heavy atom. The van der Waals surface area contributed by atoms with Gasteiger partial charge in [-0.05, 0) is 60.8 Å². The third kappa shape index (κ3) is 3.38. The molecule has 2 N–H and O–H groups in total. The van der Waals surface area contributed by atoms with Crippen molar-refractivity contribution in [3.63, 3.8) is 0 Å². The SMILES string of the molecule is Cc1ccc(F)cc1CC(CN)c1cccc(F)c1. The van der Waals surface area contributed by atoms with Crippen LogP contribution in [0.15, 0.2) is 42.5 Å². The lowest BCUT2D eigenvalue weighted by Gasteiger charge is -2.17. The second-order valence-corrected chi connectivity index (χ2v) is 4.76. The van der Waals surface area contributed by atoms with E-state index in [0.29, 0.717) is 13.0 Å². The van der Waals surface area contributed by atoms with Crippen molar-refractivity contribution in [1.29, 1.82) is 0 Å². The molecule has 0 radical (unpaired) electrons. The summed E-state index contributed by atoms with van der Waals surface area (Å²) in [6.07, 6.45) is 0.615. The maximum absolute atomic E-state index is 13.3. The van der Waals surface area contributed by atoms with Crippen LogP contribution in [-0.4, -0.2) is 6.54 Å². The van der Waals surface area contributed by atoms with E-state index in [1.54, 1.807) is 12.1 Å². The third-order valence-corrected chi connectivity index (χ3v) is 3.38. The van der Waals surface area contributed by atoms with Crippen molar-refractivity contribution in [1.82, 2.24) is 0 Å². The highest BCUT2D eigenvalue weighted by atomic mass is 19.1. The van der Waals surface area contributed by atoms with Gasteiger partial charge in [-0.2, -0.15) is 0 Å². The minimum atomic E-state index is -0.271. The maximum Gasteiger partial charge on any atom is 0.123 e. The third-order valence-electron chi connectivity index (χ3n) is 3.38. The minimum absolute atomic E-state index is 0.00352. The van der Waals surface area contributed by atoms with Crippen molar-refractivity contribution in [2.24, 2.45) is 5.73 Å². The second-order valence-electron chi connectivity index (χ2n) is 4.76. The van der Waals surface area contributed by atoms with Crippen molar-refractivity contribution >= 4 is 0 Å². The van der Waals surface area contributed by atoms with Crippen molar-refractivity contribution in [3.8, 4) is 0 Å². The Morgan fingerprint density at radius 1 is 1.05 bits per heavy atom. The molecule has 0 amide bonds. The van der Waals surface area contributed by atoms with E-state index in [4.69, 9.17) is 5.73 Å². The molecule has 0 spiro atoms. The van der Waals surface area contributed by atoms with Crippen LogP contribution >= 0.6 is 0 Å². The minimum Gasteiger partial charge on any atom is -0.330 e. The smallest absolute Gasteiger partial charge is 0.123 e. The molecule has 0 saturated carbocycles. The molecule has 0 aliphatic carbocycles. The summed E-state index contributed by atoms with van der Waals surface area (Å²) in [5.41, 5.74) is 8.57. The van der Waals surface area contributed by atoms with Crippen LogP contribution in [0.1, 0.15) is 22.6 Å². The zero-order valence-corrected chi connectivity index (χ0v) is 10.9. The summed E-state index contributed by atoms with van der Waals surface area (Å²) in [6, 6.07) is 11.2. The summed E-state index contributed by atoms with van der Waals surface area (Å²) in [6.45, 7) is 2.34. The molecule has 1 atom stereocenters. The fourth-order valence-electron chi connectivity index (χ4n) is 2.22. The summed E-state index contributed by atoms with van der Waals surface area (Å²) in [5.74, 6) is -0.529. The van der Waals surface area contributed by atoms with Gasteiger partial charge in [0.15, 0.2) is 0 Å². The lowest BCUT2D eigenvalue weighted by Crippen LogP contribution is -2.15. The molecule has 0 bridgehead atoms. The van der Waals surface area contributed by atoms with Crippen molar-refractivity contribution < 1.29 is 8.78 Å². The molecule has 1 nitrogen and oxygen atoms in total. The molecule has 0 heterocycles. The van der Waals surface area contributed by atoms with Crippen LogP contribution in [-0.2, 0) is 6.42 Å². The van der Waals surface area contributed by atoms with Gasteiger partial charge in [-0.15, -0.1) is 0 Å². The molecule has 100 valence electrons. The predicted molar refractivity (Wildman–Crippen MR) is 73.0 cm³/mol. The lowest BCUT2D eigenvalue weighted by atomic mass is 9.90. The topological polar surface area (TPSA) is 26.0 Å². The monoisotopic (exact) mass is 261 g/mol. The van der Waals surface area contributed by atoms with E-state index in [2.05, 4.69) is 0 Å². The van der Waals surface area contributed by atoms with Crippen LogP contribution in [0, 0.1) is 18.6 Å². The van der Waals surface area contributed by atoms with Gasteiger partial charge in [-0.25, -0.2) is 8.78 Å². The number of rotatable bonds is 4. The van der Waals surface area contributed by atoms with E-state index in [1.165, 1.54) is 24.3 Å². The van der Waals surface area contributed by atoms with Crippen LogP contribution in [0.25, 0.3) is 0 Å². The number of hydrogen-bond acceptors (Lipinski definition) is 1. The molecule has 3 heteroatoms. The molecule has 2 aromatic rings. The quantitative estimate of drug-likeness (QED) is 0.894. The molecule has 0 aromatic heterocycles. The van der Waals surface area contributed by atoms with Crippen LogP contribution in [0.4, 0.5) is 8.78 Å². The van der Waals surface area contributed by atoms with Gasteiger partial charge in [0.1, 0.15) is 11.6 Å². The molecular formula is C16H17F2N. The van der Waals surface area contributed by atoms with E-state index in [0.717, 1.165) is 16.7 Å². The van der Waals surface area contributed by atoms with E-state index in [1.807, 2.05) is 13.0 Å². The van der Waals surface area contributed by atoms with E-state index >= 15 is 0 Å². The van der Waals surface area contributed by atoms with Crippen molar-refractivity contribution in [3.05, 3.63) is 70.8 Å². The van der Waals surface area contributed by atoms with Crippen LogP contribution in [0.3, 0.4) is 0 Å². The van der Waals surface area contributed by atoms with Gasteiger partial charge in [0.05, 0.1) is 0 Å². The van der Waals surface area contributed by atoms with Gasteiger partial charge < -0.3 is 5.73 Å². The van der Waals surface area contributed by atoms with E-state index in [9.17, 15) is 8.78 Å². The highest BCUT2D eigenvalue weighted by Gasteiger charge is 2.13. The zero-order valence-electron chi connectivity index (χ0n) is 10.9. The average Bonchev–Trinajstić information content (AvgIpc) is 2.39. The zero-order chi connectivity index (χ0) is 13.8. The fourth-order valence-corrected chi connectivity index (χ4v) is 2.22. The Hall–Kier alpha value is -1.74. The van der Waals surface area contributed by atoms with Crippen molar-refractivity contribution in [2.75, 3.05) is 6.54 Å². The van der Waals surface area contributed by atoms with Gasteiger partial charge in [0.25, 0.3) is 0 Å². The van der Waals surface area contributed by atoms with Crippen LogP contribution in [0.2, 0.25) is 0 Å². The van der Waals surface area contributed by atoms with Gasteiger partial charge in [-0.3, -0.25) is 0 Å². The first kappa shape index (κ1) is 13.7. The summed E-state index contributed by atoms with van der Waals surface area (Å²) in [4.78, 5) is 0. The molecule has 2 rings (SSSR count). The second kappa shape index (κ2) is 5.93. The number of aryl methyl sites for hydroxylation is 1. The lowest BCUT2D eigenvalue weighted by molar-refractivity contribution is 0.610. The molecule has 19 heavy (non-hydrogen) atoms. The molecule has 2 aromatic carbocycles. The fraction of sp³-hybridized carbons (Fsp3) is 0.250. The Bertz CT molecular complexity index is 566. The van der Waals surface area contributed by atoms with Crippen LogP contribution in [0.5, 0.6) is 0 Å².